The Labute approximate surface area is 96.5 Å². The fraction of sp³-hybridized carbons (Fsp3) is 0.714. The molecule has 1 aliphatic rings. The van der Waals surface area contributed by atoms with Crippen molar-refractivity contribution >= 4 is 8.07 Å². The Hall–Kier alpha value is -0.303. The first-order valence-corrected chi connectivity index (χ1v) is 9.25. The zero-order valence-electron chi connectivity index (χ0n) is 10.5. The van der Waals surface area contributed by atoms with Crippen LogP contribution in [0.25, 0.3) is 0 Å². The lowest BCUT2D eigenvalue weighted by molar-refractivity contribution is 0.720. The van der Waals surface area contributed by atoms with E-state index in [1.54, 1.807) is 0 Å². The average Bonchev–Trinajstić information content (AvgIpc) is 2.50. The molecule has 1 heterocycles. The summed E-state index contributed by atoms with van der Waals surface area (Å²) in [5.74, 6) is 0. The van der Waals surface area contributed by atoms with Crippen LogP contribution in [0.1, 0.15) is 52.4 Å². The monoisotopic (exact) mass is 222 g/mol. The molecule has 1 saturated heterocycles. The third-order valence-corrected chi connectivity index (χ3v) is 7.77. The van der Waals surface area contributed by atoms with Gasteiger partial charge in [-0.2, -0.15) is 0 Å². The van der Waals surface area contributed by atoms with Crippen molar-refractivity contribution in [3.8, 4) is 0 Å². The van der Waals surface area contributed by atoms with E-state index in [1.807, 2.05) is 0 Å². The fourth-order valence-electron chi connectivity index (χ4n) is 2.48. The third kappa shape index (κ3) is 4.37. The van der Waals surface area contributed by atoms with Crippen molar-refractivity contribution < 1.29 is 0 Å². The van der Waals surface area contributed by atoms with Crippen molar-refractivity contribution in [1.82, 2.24) is 0 Å². The summed E-state index contributed by atoms with van der Waals surface area (Å²) in [7, 11) is -1.14. The molecule has 1 rings (SSSR count). The third-order valence-electron chi connectivity index (χ3n) is 3.41. The van der Waals surface area contributed by atoms with Crippen molar-refractivity contribution in [2.45, 2.75) is 64.5 Å². The lowest BCUT2D eigenvalue weighted by Crippen LogP contribution is -2.28. The molecule has 0 aromatic rings. The summed E-state index contributed by atoms with van der Waals surface area (Å²) in [6, 6.07) is 3.00. The second-order valence-electron chi connectivity index (χ2n) is 4.77. The van der Waals surface area contributed by atoms with E-state index >= 15 is 0 Å². The molecule has 0 N–H and O–H groups in total. The highest BCUT2D eigenvalue weighted by molar-refractivity contribution is 6.89. The highest BCUT2D eigenvalue weighted by atomic mass is 28.3. The largest absolute Gasteiger partial charge is 0.101 e. The van der Waals surface area contributed by atoms with Crippen LogP contribution in [-0.2, 0) is 0 Å². The molecule has 0 atom stereocenters. The Morgan fingerprint density at radius 2 is 1.27 bits per heavy atom. The van der Waals surface area contributed by atoms with Gasteiger partial charge in [0.25, 0.3) is 0 Å². The maximum atomic E-state index is 2.62. The van der Waals surface area contributed by atoms with Crippen LogP contribution in [0, 0.1) is 0 Å². The Balaban J connectivity index is 2.72. The summed E-state index contributed by atoms with van der Waals surface area (Å²) in [5, 5.41) is 0. The Morgan fingerprint density at radius 3 is 1.67 bits per heavy atom. The lowest BCUT2D eigenvalue weighted by atomic mass is 10.2. The van der Waals surface area contributed by atoms with Crippen molar-refractivity contribution in [3.05, 3.63) is 23.6 Å². The van der Waals surface area contributed by atoms with Crippen LogP contribution in [0.4, 0.5) is 0 Å². The van der Waals surface area contributed by atoms with Crippen LogP contribution in [0.15, 0.2) is 23.6 Å². The van der Waals surface area contributed by atoms with Crippen LogP contribution in [-0.4, -0.2) is 8.07 Å². The molecule has 15 heavy (non-hydrogen) atoms. The van der Waals surface area contributed by atoms with Crippen molar-refractivity contribution in [1.29, 1.82) is 0 Å². The maximum absolute atomic E-state index is 2.62. The molecule has 0 saturated carbocycles. The zero-order chi connectivity index (χ0) is 11.0. The molecule has 0 aromatic heterocycles. The molecule has 0 nitrogen and oxygen atoms in total. The van der Waals surface area contributed by atoms with Gasteiger partial charge in [-0.3, -0.25) is 0 Å². The van der Waals surface area contributed by atoms with E-state index < -0.39 is 8.07 Å². The molecule has 0 spiro atoms. The Kier molecular flexibility index (Phi) is 6.00. The lowest BCUT2D eigenvalue weighted by Gasteiger charge is -2.22. The van der Waals surface area contributed by atoms with Gasteiger partial charge in [0.05, 0.1) is 0 Å². The minimum absolute atomic E-state index is 1.14. The van der Waals surface area contributed by atoms with Crippen LogP contribution >= 0.6 is 0 Å². The summed E-state index contributed by atoms with van der Waals surface area (Å²) < 4.78 is 0. The minimum Gasteiger partial charge on any atom is -0.0944 e. The van der Waals surface area contributed by atoms with Crippen molar-refractivity contribution in [2.75, 3.05) is 0 Å². The summed E-state index contributed by atoms with van der Waals surface area (Å²) in [5.41, 5.74) is 5.23. The summed E-state index contributed by atoms with van der Waals surface area (Å²) in [4.78, 5) is 0. The van der Waals surface area contributed by atoms with E-state index in [0.29, 0.717) is 0 Å². The highest BCUT2D eigenvalue weighted by Crippen LogP contribution is 2.29. The van der Waals surface area contributed by atoms with Crippen LogP contribution in [0.2, 0.25) is 12.1 Å². The molecule has 1 heteroatoms. The van der Waals surface area contributed by atoms with E-state index in [1.165, 1.54) is 50.6 Å². The Morgan fingerprint density at radius 1 is 0.800 bits per heavy atom. The van der Waals surface area contributed by atoms with E-state index in [2.05, 4.69) is 37.4 Å². The molecule has 0 bridgehead atoms. The van der Waals surface area contributed by atoms with Crippen molar-refractivity contribution in [3.63, 3.8) is 0 Å². The molecular formula is C14H26Si. The first-order chi connectivity index (χ1) is 7.33. The van der Waals surface area contributed by atoms with Crippen LogP contribution in [0.3, 0.4) is 0 Å². The first-order valence-electron chi connectivity index (χ1n) is 6.68. The molecule has 0 radical (unpaired) electrons. The van der Waals surface area contributed by atoms with E-state index in [9.17, 15) is 0 Å². The van der Waals surface area contributed by atoms with Crippen LogP contribution in [0.5, 0.6) is 0 Å². The van der Waals surface area contributed by atoms with Crippen molar-refractivity contribution in [2.24, 2.45) is 0 Å². The van der Waals surface area contributed by atoms with Gasteiger partial charge in [0.1, 0.15) is 8.07 Å². The fourth-order valence-corrected chi connectivity index (χ4v) is 6.74. The van der Waals surface area contributed by atoms with Gasteiger partial charge in [-0.1, -0.05) is 75.2 Å². The molecule has 0 aromatic carbocycles. The topological polar surface area (TPSA) is 0 Å². The summed E-state index contributed by atoms with van der Waals surface area (Å²) in [6.07, 6.45) is 13.1. The van der Waals surface area contributed by atoms with Gasteiger partial charge in [-0.05, 0) is 12.8 Å². The van der Waals surface area contributed by atoms with Gasteiger partial charge in [-0.25, -0.2) is 0 Å². The standard InChI is InChI=1S/C14H26Si/c1-3-5-11-15(12-6-4-2)13-9-7-8-10-14-15/h5-6,11-12H,3-4,7-10,13-14H2,1-2H3/b11-5+,12-6+. The van der Waals surface area contributed by atoms with Gasteiger partial charge in [0.15, 0.2) is 0 Å². The molecule has 1 fully saturated rings. The molecular weight excluding hydrogens is 196 g/mol. The Bertz CT molecular complexity index is 191. The molecule has 0 aliphatic carbocycles. The number of allylic oxidation sites excluding steroid dienone is 2. The predicted molar refractivity (Wildman–Crippen MR) is 72.7 cm³/mol. The smallest absolute Gasteiger partial charge is 0.0944 e. The second-order valence-corrected chi connectivity index (χ2v) is 8.90. The SMILES string of the molecule is CC/C=C/[Si]1(/C=C/CC)CCCCCC1. The van der Waals surface area contributed by atoms with Gasteiger partial charge >= 0.3 is 0 Å². The van der Waals surface area contributed by atoms with Gasteiger partial charge in [0, 0.05) is 0 Å². The average molecular weight is 222 g/mol. The second kappa shape index (κ2) is 7.05. The molecule has 86 valence electrons. The van der Waals surface area contributed by atoms with Gasteiger partial charge in [0.2, 0.25) is 0 Å². The summed E-state index contributed by atoms with van der Waals surface area (Å²) >= 11 is 0. The maximum Gasteiger partial charge on any atom is 0.101 e. The number of hydrogen-bond acceptors (Lipinski definition) is 0. The number of hydrogen-bond donors (Lipinski definition) is 0. The van der Waals surface area contributed by atoms with Gasteiger partial charge in [-0.15, -0.1) is 0 Å². The normalized spacial score (nSPS) is 22.3. The van der Waals surface area contributed by atoms with Gasteiger partial charge < -0.3 is 0 Å². The van der Waals surface area contributed by atoms with E-state index in [-0.39, 0.29) is 0 Å². The predicted octanol–water partition coefficient (Wildman–Crippen LogP) is 5.02. The molecule has 1 aliphatic heterocycles. The molecule has 0 amide bonds. The zero-order valence-corrected chi connectivity index (χ0v) is 11.5. The van der Waals surface area contributed by atoms with Crippen LogP contribution < -0.4 is 0 Å². The number of rotatable bonds is 4. The first kappa shape index (κ1) is 12.8. The quantitative estimate of drug-likeness (QED) is 0.586. The minimum atomic E-state index is -1.14. The molecule has 0 unspecified atom stereocenters. The van der Waals surface area contributed by atoms with E-state index in [4.69, 9.17) is 0 Å². The summed E-state index contributed by atoms with van der Waals surface area (Å²) in [6.45, 7) is 4.50. The highest BCUT2D eigenvalue weighted by Gasteiger charge is 2.27. The van der Waals surface area contributed by atoms with E-state index in [0.717, 1.165) is 0 Å².